The molecule has 1 heterocycles. The van der Waals surface area contributed by atoms with Gasteiger partial charge in [-0.05, 0) is 17.8 Å². The van der Waals surface area contributed by atoms with Crippen molar-refractivity contribution in [2.45, 2.75) is 26.8 Å². The first kappa shape index (κ1) is 7.65. The molecule has 0 aromatic carbocycles. The van der Waals surface area contributed by atoms with E-state index in [2.05, 4.69) is 18.8 Å². The molecule has 1 aliphatic carbocycles. The van der Waals surface area contributed by atoms with Crippen molar-refractivity contribution in [3.8, 4) is 0 Å². The Bertz CT molecular complexity index is 334. The van der Waals surface area contributed by atoms with Gasteiger partial charge in [0.25, 0.3) is 0 Å². The van der Waals surface area contributed by atoms with Gasteiger partial charge in [-0.15, -0.1) is 0 Å². The third-order valence-electron chi connectivity index (χ3n) is 2.86. The van der Waals surface area contributed by atoms with E-state index in [1.165, 1.54) is 6.42 Å². The van der Waals surface area contributed by atoms with Crippen molar-refractivity contribution < 1.29 is 0 Å². The molecular weight excluding hydrogens is 152 g/mol. The zero-order valence-electron chi connectivity index (χ0n) is 7.50. The first-order valence-electron chi connectivity index (χ1n) is 4.33. The number of nitrogens with zero attached hydrogens (tertiary/aromatic N) is 1. The van der Waals surface area contributed by atoms with Crippen molar-refractivity contribution in [1.29, 1.82) is 0 Å². The molecule has 0 spiro atoms. The third-order valence-corrected chi connectivity index (χ3v) is 2.86. The molecule has 0 aliphatic heterocycles. The van der Waals surface area contributed by atoms with Crippen molar-refractivity contribution in [3.63, 3.8) is 0 Å². The molecule has 1 N–H and O–H groups in total. The summed E-state index contributed by atoms with van der Waals surface area (Å²) in [7, 11) is 0. The Morgan fingerprint density at radius 3 is 2.83 bits per heavy atom. The summed E-state index contributed by atoms with van der Waals surface area (Å²) in [5.41, 5.74) is 0.467. The Kier molecular flexibility index (Phi) is 1.43. The monoisotopic (exact) mass is 166 g/mol. The number of aromatic amines is 1. The molecule has 0 radical (unpaired) electrons. The number of nitrogens with one attached hydrogen (secondary N) is 1. The number of H-pyrrole nitrogens is 1. The number of imidazole rings is 1. The van der Waals surface area contributed by atoms with Crippen LogP contribution in [0.1, 0.15) is 20.3 Å². The van der Waals surface area contributed by atoms with Gasteiger partial charge in [-0.3, -0.25) is 4.57 Å². The second-order valence-electron chi connectivity index (χ2n) is 4.31. The Balaban J connectivity index is 2.07. The Morgan fingerprint density at radius 2 is 2.42 bits per heavy atom. The molecule has 0 saturated heterocycles. The number of hydrogen-bond donors (Lipinski definition) is 1. The number of aromatic nitrogens is 2. The molecule has 12 heavy (non-hydrogen) atoms. The van der Waals surface area contributed by atoms with E-state index >= 15 is 0 Å². The molecule has 0 bridgehead atoms. The van der Waals surface area contributed by atoms with Gasteiger partial charge in [0, 0.05) is 18.9 Å². The Hall–Kier alpha value is -0.990. The maximum Gasteiger partial charge on any atom is 0.325 e. The van der Waals surface area contributed by atoms with Gasteiger partial charge in [0.15, 0.2) is 0 Å². The lowest BCUT2D eigenvalue weighted by Crippen LogP contribution is -2.18. The number of rotatable bonds is 2. The predicted molar refractivity (Wildman–Crippen MR) is 46.9 cm³/mol. The predicted octanol–water partition coefficient (Wildman–Crippen LogP) is 1.22. The summed E-state index contributed by atoms with van der Waals surface area (Å²) in [6, 6.07) is 0. The molecule has 1 aromatic heterocycles. The van der Waals surface area contributed by atoms with Crippen LogP contribution >= 0.6 is 0 Å². The van der Waals surface area contributed by atoms with Gasteiger partial charge in [-0.25, -0.2) is 4.79 Å². The molecule has 1 unspecified atom stereocenters. The van der Waals surface area contributed by atoms with Crippen molar-refractivity contribution in [2.24, 2.45) is 11.3 Å². The summed E-state index contributed by atoms with van der Waals surface area (Å²) >= 11 is 0. The maximum absolute atomic E-state index is 11.1. The molecule has 1 saturated carbocycles. The summed E-state index contributed by atoms with van der Waals surface area (Å²) in [5.74, 6) is 0.686. The number of hydrogen-bond acceptors (Lipinski definition) is 1. The van der Waals surface area contributed by atoms with Crippen LogP contribution in [0.3, 0.4) is 0 Å². The van der Waals surface area contributed by atoms with Crippen LogP contribution in [-0.4, -0.2) is 9.55 Å². The fourth-order valence-corrected chi connectivity index (χ4v) is 1.62. The fraction of sp³-hybridized carbons (Fsp3) is 0.667. The second-order valence-corrected chi connectivity index (χ2v) is 4.31. The van der Waals surface area contributed by atoms with Crippen molar-refractivity contribution in [3.05, 3.63) is 22.9 Å². The van der Waals surface area contributed by atoms with Crippen LogP contribution in [-0.2, 0) is 6.54 Å². The van der Waals surface area contributed by atoms with Crippen LogP contribution in [0, 0.1) is 11.3 Å². The Morgan fingerprint density at radius 1 is 1.75 bits per heavy atom. The quantitative estimate of drug-likeness (QED) is 0.704. The van der Waals surface area contributed by atoms with Crippen LogP contribution in [0.2, 0.25) is 0 Å². The van der Waals surface area contributed by atoms with Crippen LogP contribution in [0.25, 0.3) is 0 Å². The molecule has 3 heteroatoms. The van der Waals surface area contributed by atoms with E-state index in [0.29, 0.717) is 11.3 Å². The van der Waals surface area contributed by atoms with Gasteiger partial charge in [-0.1, -0.05) is 13.8 Å². The standard InChI is InChI=1S/C9H14N2O/c1-9(2)5-7(9)6-11-4-3-10-8(11)12/h3-4,7H,5-6H2,1-2H3,(H,10,12). The third kappa shape index (κ3) is 1.19. The molecule has 1 atom stereocenters. The van der Waals surface area contributed by atoms with E-state index in [0.717, 1.165) is 6.54 Å². The summed E-state index contributed by atoms with van der Waals surface area (Å²) in [4.78, 5) is 13.7. The minimum atomic E-state index is 0.0118. The zero-order valence-corrected chi connectivity index (χ0v) is 7.50. The first-order valence-corrected chi connectivity index (χ1v) is 4.33. The minimum Gasteiger partial charge on any atom is -0.313 e. The lowest BCUT2D eigenvalue weighted by molar-refractivity contribution is 0.492. The van der Waals surface area contributed by atoms with Crippen molar-refractivity contribution in [1.82, 2.24) is 9.55 Å². The van der Waals surface area contributed by atoms with Crippen molar-refractivity contribution >= 4 is 0 Å². The SMILES string of the molecule is CC1(C)CC1Cn1cc[nH]c1=O. The second kappa shape index (κ2) is 2.25. The molecule has 0 amide bonds. The highest BCUT2D eigenvalue weighted by Crippen LogP contribution is 2.52. The molecule has 66 valence electrons. The zero-order chi connectivity index (χ0) is 8.77. The summed E-state index contributed by atoms with van der Waals surface area (Å²) in [6.07, 6.45) is 4.75. The largest absolute Gasteiger partial charge is 0.325 e. The van der Waals surface area contributed by atoms with E-state index in [1.807, 2.05) is 6.20 Å². The van der Waals surface area contributed by atoms with E-state index in [4.69, 9.17) is 0 Å². The van der Waals surface area contributed by atoms with E-state index in [-0.39, 0.29) is 5.69 Å². The minimum absolute atomic E-state index is 0.0118. The Labute approximate surface area is 71.4 Å². The smallest absolute Gasteiger partial charge is 0.313 e. The lowest BCUT2D eigenvalue weighted by Gasteiger charge is -2.02. The highest BCUT2D eigenvalue weighted by atomic mass is 16.1. The van der Waals surface area contributed by atoms with Gasteiger partial charge in [-0.2, -0.15) is 0 Å². The average Bonchev–Trinajstić information content (AvgIpc) is 2.39. The topological polar surface area (TPSA) is 37.8 Å². The summed E-state index contributed by atoms with van der Waals surface area (Å²) in [6.45, 7) is 5.36. The molecule has 2 rings (SSSR count). The maximum atomic E-state index is 11.1. The van der Waals surface area contributed by atoms with Gasteiger partial charge in [0.05, 0.1) is 0 Å². The van der Waals surface area contributed by atoms with Crippen LogP contribution in [0.5, 0.6) is 0 Å². The fourth-order valence-electron chi connectivity index (χ4n) is 1.62. The van der Waals surface area contributed by atoms with Crippen molar-refractivity contribution in [2.75, 3.05) is 0 Å². The molecule has 3 nitrogen and oxygen atoms in total. The highest BCUT2D eigenvalue weighted by Gasteiger charge is 2.45. The van der Waals surface area contributed by atoms with Crippen LogP contribution < -0.4 is 5.69 Å². The molecular formula is C9H14N2O. The molecule has 1 fully saturated rings. The van der Waals surface area contributed by atoms with Gasteiger partial charge in [0.1, 0.15) is 0 Å². The average molecular weight is 166 g/mol. The molecule has 1 aromatic rings. The highest BCUT2D eigenvalue weighted by molar-refractivity contribution is 4.95. The molecule has 1 aliphatic rings. The van der Waals surface area contributed by atoms with E-state index < -0.39 is 0 Å². The normalized spacial score (nSPS) is 25.7. The summed E-state index contributed by atoms with van der Waals surface area (Å²) in [5, 5.41) is 0. The first-order chi connectivity index (χ1) is 5.59. The van der Waals surface area contributed by atoms with Crippen LogP contribution in [0.15, 0.2) is 17.2 Å². The van der Waals surface area contributed by atoms with E-state index in [9.17, 15) is 4.79 Å². The summed E-state index contributed by atoms with van der Waals surface area (Å²) < 4.78 is 1.75. The van der Waals surface area contributed by atoms with Crippen LogP contribution in [0.4, 0.5) is 0 Å². The lowest BCUT2D eigenvalue weighted by atomic mass is 10.1. The van der Waals surface area contributed by atoms with Gasteiger partial charge in [0.2, 0.25) is 0 Å². The van der Waals surface area contributed by atoms with Gasteiger partial charge >= 0.3 is 5.69 Å². The van der Waals surface area contributed by atoms with E-state index in [1.54, 1.807) is 10.8 Å². The van der Waals surface area contributed by atoms with Gasteiger partial charge < -0.3 is 4.98 Å².